The van der Waals surface area contributed by atoms with Crippen LogP contribution in [-0.2, 0) is 25.4 Å². The number of rotatable bonds is 3. The number of hydrogen-bond acceptors (Lipinski definition) is 4. The summed E-state index contributed by atoms with van der Waals surface area (Å²) in [5.74, 6) is 0. The quantitative estimate of drug-likeness (QED) is 0.669. The molecule has 0 amide bonds. The maximum Gasteiger partial charge on any atom is 0.327 e. The van der Waals surface area contributed by atoms with Gasteiger partial charge in [0.1, 0.15) is 0 Å². The Hall–Kier alpha value is 0.530. The van der Waals surface area contributed by atoms with Gasteiger partial charge in [-0.15, -0.1) is 0 Å². The minimum absolute atomic E-state index is 0.0832. The monoisotopic (exact) mass is 210 g/mol. The minimum Gasteiger partial charge on any atom is -0.306 e. The molecule has 0 aliphatic carbocycles. The van der Waals surface area contributed by atoms with Crippen LogP contribution in [0.5, 0.6) is 0 Å². The standard InChI is InChI=1S/C7H15O3PS/c1-4-6(2)9-11(12)8-5-7(3)10-11/h6-7H,4-5H2,1-3H3. The van der Waals surface area contributed by atoms with Crippen molar-refractivity contribution in [3.05, 3.63) is 0 Å². The Morgan fingerprint density at radius 3 is 2.83 bits per heavy atom. The van der Waals surface area contributed by atoms with E-state index in [1.807, 2.05) is 20.8 Å². The zero-order chi connectivity index (χ0) is 9.19. The molecule has 72 valence electrons. The predicted octanol–water partition coefficient (Wildman–Crippen LogP) is 2.46. The van der Waals surface area contributed by atoms with Crippen molar-refractivity contribution in [2.75, 3.05) is 6.61 Å². The van der Waals surface area contributed by atoms with E-state index in [9.17, 15) is 0 Å². The summed E-state index contributed by atoms with van der Waals surface area (Å²) in [5, 5.41) is 0. The van der Waals surface area contributed by atoms with Crippen LogP contribution in [-0.4, -0.2) is 18.8 Å². The molecule has 12 heavy (non-hydrogen) atoms. The van der Waals surface area contributed by atoms with Gasteiger partial charge in [-0.25, -0.2) is 0 Å². The maximum atomic E-state index is 5.50. The summed E-state index contributed by atoms with van der Waals surface area (Å²) >= 11 is 5.13. The van der Waals surface area contributed by atoms with Crippen molar-refractivity contribution >= 4 is 18.5 Å². The Labute approximate surface area is 78.6 Å². The first kappa shape index (κ1) is 10.6. The summed E-state index contributed by atoms with van der Waals surface area (Å²) < 4.78 is 16.2. The zero-order valence-corrected chi connectivity index (χ0v) is 9.36. The molecule has 0 aromatic rings. The summed E-state index contributed by atoms with van der Waals surface area (Å²) in [6.45, 7) is 4.16. The highest BCUT2D eigenvalue weighted by Crippen LogP contribution is 2.56. The van der Waals surface area contributed by atoms with Crippen LogP contribution in [0, 0.1) is 0 Å². The lowest BCUT2D eigenvalue weighted by molar-refractivity contribution is 0.169. The van der Waals surface area contributed by atoms with Crippen molar-refractivity contribution in [1.29, 1.82) is 0 Å². The molecule has 0 saturated carbocycles. The summed E-state index contributed by atoms with van der Waals surface area (Å²) in [4.78, 5) is 0. The number of hydrogen-bond donors (Lipinski definition) is 0. The fourth-order valence-corrected chi connectivity index (χ4v) is 3.55. The molecule has 3 atom stereocenters. The Bertz CT molecular complexity index is 197. The van der Waals surface area contributed by atoms with E-state index in [1.54, 1.807) is 0 Å². The van der Waals surface area contributed by atoms with E-state index in [-0.39, 0.29) is 12.2 Å². The third-order valence-corrected chi connectivity index (χ3v) is 4.19. The molecule has 1 saturated heterocycles. The van der Waals surface area contributed by atoms with Crippen LogP contribution in [0.3, 0.4) is 0 Å². The lowest BCUT2D eigenvalue weighted by Gasteiger charge is -2.18. The first-order valence-electron chi connectivity index (χ1n) is 4.17. The Morgan fingerprint density at radius 2 is 2.42 bits per heavy atom. The largest absolute Gasteiger partial charge is 0.327 e. The summed E-state index contributed by atoms with van der Waals surface area (Å²) in [6, 6.07) is 0. The average molecular weight is 210 g/mol. The molecular weight excluding hydrogens is 195 g/mol. The SMILES string of the molecule is CCC(C)OP1(=S)OCC(C)O1. The van der Waals surface area contributed by atoms with Crippen LogP contribution in [0.1, 0.15) is 27.2 Å². The molecular formula is C7H15O3PS. The molecule has 0 N–H and O–H groups in total. The van der Waals surface area contributed by atoms with E-state index < -0.39 is 6.72 Å². The van der Waals surface area contributed by atoms with Gasteiger partial charge in [-0.2, -0.15) is 0 Å². The van der Waals surface area contributed by atoms with Gasteiger partial charge in [0.2, 0.25) is 0 Å². The van der Waals surface area contributed by atoms with Gasteiger partial charge in [-0.3, -0.25) is 0 Å². The van der Waals surface area contributed by atoms with E-state index in [0.717, 1.165) is 6.42 Å². The molecule has 1 rings (SSSR count). The molecule has 0 bridgehead atoms. The third kappa shape index (κ3) is 2.79. The predicted molar refractivity (Wildman–Crippen MR) is 51.6 cm³/mol. The molecule has 1 fully saturated rings. The van der Waals surface area contributed by atoms with Gasteiger partial charge in [0, 0.05) is 0 Å². The van der Waals surface area contributed by atoms with Crippen LogP contribution in [0.4, 0.5) is 0 Å². The molecule has 1 heterocycles. The van der Waals surface area contributed by atoms with Crippen LogP contribution in [0.25, 0.3) is 0 Å². The molecule has 0 spiro atoms. The molecule has 0 radical (unpaired) electrons. The van der Waals surface area contributed by atoms with E-state index in [2.05, 4.69) is 0 Å². The zero-order valence-electron chi connectivity index (χ0n) is 7.65. The second-order valence-corrected chi connectivity index (χ2v) is 5.90. The molecule has 1 aliphatic rings. The molecule has 3 unspecified atom stereocenters. The van der Waals surface area contributed by atoms with E-state index in [0.29, 0.717) is 6.61 Å². The van der Waals surface area contributed by atoms with E-state index in [1.165, 1.54) is 0 Å². The van der Waals surface area contributed by atoms with Crippen molar-refractivity contribution in [2.24, 2.45) is 0 Å². The fourth-order valence-electron chi connectivity index (χ4n) is 0.828. The fraction of sp³-hybridized carbons (Fsp3) is 1.00. The lowest BCUT2D eigenvalue weighted by atomic mass is 10.3. The van der Waals surface area contributed by atoms with Crippen LogP contribution in [0.2, 0.25) is 0 Å². The molecule has 1 aliphatic heterocycles. The second-order valence-electron chi connectivity index (χ2n) is 2.98. The van der Waals surface area contributed by atoms with Gasteiger partial charge >= 0.3 is 6.72 Å². The van der Waals surface area contributed by atoms with Gasteiger partial charge in [0.05, 0.1) is 18.8 Å². The smallest absolute Gasteiger partial charge is 0.306 e. The molecule has 0 aromatic carbocycles. The first-order chi connectivity index (χ1) is 5.56. The van der Waals surface area contributed by atoms with Crippen molar-refractivity contribution < 1.29 is 13.6 Å². The van der Waals surface area contributed by atoms with Crippen molar-refractivity contribution in [3.8, 4) is 0 Å². The average Bonchev–Trinajstić information content (AvgIpc) is 2.30. The van der Waals surface area contributed by atoms with Gasteiger partial charge in [-0.05, 0) is 32.1 Å². The third-order valence-electron chi connectivity index (χ3n) is 1.66. The highest BCUT2D eigenvalue weighted by atomic mass is 32.5. The normalized spacial score (nSPS) is 38.4. The van der Waals surface area contributed by atoms with Gasteiger partial charge < -0.3 is 13.6 Å². The lowest BCUT2D eigenvalue weighted by Crippen LogP contribution is -2.05. The van der Waals surface area contributed by atoms with E-state index in [4.69, 9.17) is 25.4 Å². The van der Waals surface area contributed by atoms with Crippen molar-refractivity contribution in [3.63, 3.8) is 0 Å². The maximum absolute atomic E-state index is 5.50. The van der Waals surface area contributed by atoms with E-state index >= 15 is 0 Å². The molecule has 3 nitrogen and oxygen atoms in total. The highest BCUT2D eigenvalue weighted by molar-refractivity contribution is 8.07. The summed E-state index contributed by atoms with van der Waals surface area (Å²) in [6.07, 6.45) is 1.14. The minimum atomic E-state index is -2.37. The molecule has 0 aromatic heterocycles. The topological polar surface area (TPSA) is 27.7 Å². The van der Waals surface area contributed by atoms with Crippen LogP contribution < -0.4 is 0 Å². The van der Waals surface area contributed by atoms with Gasteiger partial charge in [0.15, 0.2) is 0 Å². The van der Waals surface area contributed by atoms with Crippen LogP contribution >= 0.6 is 6.72 Å². The Kier molecular flexibility index (Phi) is 3.68. The summed E-state index contributed by atoms with van der Waals surface area (Å²) in [5.41, 5.74) is 0. The van der Waals surface area contributed by atoms with Gasteiger partial charge in [0.25, 0.3) is 0 Å². The highest BCUT2D eigenvalue weighted by Gasteiger charge is 2.32. The Balaban J connectivity index is 2.45. The second kappa shape index (κ2) is 4.16. The van der Waals surface area contributed by atoms with Gasteiger partial charge in [-0.1, -0.05) is 6.92 Å². The van der Waals surface area contributed by atoms with Crippen molar-refractivity contribution in [2.45, 2.75) is 39.4 Å². The summed E-state index contributed by atoms with van der Waals surface area (Å²) in [7, 11) is 0. The first-order valence-corrected chi connectivity index (χ1v) is 6.72. The molecule has 5 heteroatoms. The van der Waals surface area contributed by atoms with Crippen LogP contribution in [0.15, 0.2) is 0 Å². The van der Waals surface area contributed by atoms with Crippen molar-refractivity contribution in [1.82, 2.24) is 0 Å². The Morgan fingerprint density at radius 1 is 1.75 bits per heavy atom.